The molecule has 104 valence electrons. The molecule has 0 aromatic rings. The van der Waals surface area contributed by atoms with Crippen molar-refractivity contribution in [1.82, 2.24) is 4.90 Å². The number of rotatable bonds is 4. The van der Waals surface area contributed by atoms with E-state index in [4.69, 9.17) is 4.74 Å². The molecule has 0 aromatic heterocycles. The quantitative estimate of drug-likeness (QED) is 0.830. The van der Waals surface area contributed by atoms with Crippen LogP contribution in [0.1, 0.15) is 26.7 Å². The number of likely N-dealkylation sites (tertiary alicyclic amines) is 1. The number of carboxylic acid groups (broad SMARTS) is 1. The van der Waals surface area contributed by atoms with Crippen molar-refractivity contribution >= 4 is 5.97 Å². The molecule has 2 heterocycles. The number of carbonyl (C=O) groups is 1. The molecule has 4 nitrogen and oxygen atoms in total. The third kappa shape index (κ3) is 2.28. The van der Waals surface area contributed by atoms with Crippen LogP contribution in [0.5, 0.6) is 0 Å². The molecule has 18 heavy (non-hydrogen) atoms. The topological polar surface area (TPSA) is 49.8 Å². The lowest BCUT2D eigenvalue weighted by molar-refractivity contribution is -0.206. The summed E-state index contributed by atoms with van der Waals surface area (Å²) < 4.78 is 5.42. The van der Waals surface area contributed by atoms with Gasteiger partial charge in [-0.05, 0) is 44.8 Å². The summed E-state index contributed by atoms with van der Waals surface area (Å²) in [6, 6.07) is 0. The van der Waals surface area contributed by atoms with Gasteiger partial charge in [-0.2, -0.15) is 0 Å². The van der Waals surface area contributed by atoms with Crippen LogP contribution in [0.4, 0.5) is 0 Å². The summed E-state index contributed by atoms with van der Waals surface area (Å²) in [5.41, 5.74) is -0.110. The van der Waals surface area contributed by atoms with E-state index in [0.29, 0.717) is 19.1 Å². The minimum absolute atomic E-state index is 0.110. The lowest BCUT2D eigenvalue weighted by Crippen LogP contribution is -2.59. The van der Waals surface area contributed by atoms with E-state index in [2.05, 4.69) is 11.9 Å². The molecule has 0 radical (unpaired) electrons. The van der Waals surface area contributed by atoms with Gasteiger partial charge in [-0.3, -0.25) is 4.79 Å². The Morgan fingerprint density at radius 2 is 1.89 bits per heavy atom. The van der Waals surface area contributed by atoms with Crippen molar-refractivity contribution in [2.24, 2.45) is 23.2 Å². The summed E-state index contributed by atoms with van der Waals surface area (Å²) in [6.07, 6.45) is 2.22. The van der Waals surface area contributed by atoms with E-state index in [1.165, 1.54) is 0 Å². The van der Waals surface area contributed by atoms with E-state index in [-0.39, 0.29) is 17.3 Å². The maximum atomic E-state index is 11.6. The van der Waals surface area contributed by atoms with E-state index < -0.39 is 5.97 Å². The lowest BCUT2D eigenvalue weighted by Gasteiger charge is -2.53. The summed E-state index contributed by atoms with van der Waals surface area (Å²) >= 11 is 0. The van der Waals surface area contributed by atoms with Gasteiger partial charge in [-0.1, -0.05) is 13.8 Å². The molecule has 2 rings (SSSR count). The molecule has 2 aliphatic heterocycles. The molecule has 0 saturated carbocycles. The summed E-state index contributed by atoms with van der Waals surface area (Å²) in [7, 11) is 2.14. The van der Waals surface area contributed by atoms with Gasteiger partial charge in [0.1, 0.15) is 0 Å². The molecule has 2 saturated heterocycles. The maximum absolute atomic E-state index is 11.6. The lowest BCUT2D eigenvalue weighted by atomic mass is 9.59. The first-order valence-electron chi connectivity index (χ1n) is 6.96. The highest BCUT2D eigenvalue weighted by Crippen LogP contribution is 2.49. The van der Waals surface area contributed by atoms with Gasteiger partial charge in [0, 0.05) is 5.41 Å². The van der Waals surface area contributed by atoms with Crippen molar-refractivity contribution < 1.29 is 14.6 Å². The van der Waals surface area contributed by atoms with Gasteiger partial charge in [0.2, 0.25) is 0 Å². The third-order valence-corrected chi connectivity index (χ3v) is 4.83. The highest BCUT2D eigenvalue weighted by molar-refractivity contribution is 5.71. The number of aliphatic carboxylic acids is 1. The van der Waals surface area contributed by atoms with E-state index in [1.54, 1.807) is 0 Å². The van der Waals surface area contributed by atoms with Crippen LogP contribution in [0.25, 0.3) is 0 Å². The van der Waals surface area contributed by atoms with Crippen molar-refractivity contribution in [3.8, 4) is 0 Å². The SMILES string of the molecule is CC(C)C(C(=O)O)C1(C2CCN(C)CC2)COC1. The zero-order valence-electron chi connectivity index (χ0n) is 11.7. The van der Waals surface area contributed by atoms with Crippen LogP contribution < -0.4 is 0 Å². The molecular weight excluding hydrogens is 230 g/mol. The smallest absolute Gasteiger partial charge is 0.307 e. The predicted octanol–water partition coefficient (Wildman–Crippen LogP) is 1.70. The Balaban J connectivity index is 2.16. The van der Waals surface area contributed by atoms with Crippen LogP contribution in [0, 0.1) is 23.2 Å². The third-order valence-electron chi connectivity index (χ3n) is 4.83. The van der Waals surface area contributed by atoms with E-state index in [1.807, 2.05) is 13.8 Å². The zero-order valence-corrected chi connectivity index (χ0v) is 11.7. The minimum Gasteiger partial charge on any atom is -0.481 e. The molecule has 2 fully saturated rings. The summed E-state index contributed by atoms with van der Waals surface area (Å²) in [5, 5.41) is 9.56. The van der Waals surface area contributed by atoms with E-state index in [0.717, 1.165) is 25.9 Å². The van der Waals surface area contributed by atoms with Gasteiger partial charge in [-0.15, -0.1) is 0 Å². The second-order valence-electron chi connectivity index (χ2n) is 6.36. The first-order chi connectivity index (χ1) is 8.47. The van der Waals surface area contributed by atoms with Crippen LogP contribution >= 0.6 is 0 Å². The Hall–Kier alpha value is -0.610. The van der Waals surface area contributed by atoms with Crippen molar-refractivity contribution in [2.75, 3.05) is 33.4 Å². The zero-order chi connectivity index (χ0) is 13.3. The van der Waals surface area contributed by atoms with E-state index in [9.17, 15) is 9.90 Å². The molecule has 1 unspecified atom stereocenters. The monoisotopic (exact) mass is 255 g/mol. The fraction of sp³-hybridized carbons (Fsp3) is 0.929. The molecule has 1 atom stereocenters. The van der Waals surface area contributed by atoms with Gasteiger partial charge < -0.3 is 14.7 Å². The fourth-order valence-corrected chi connectivity index (χ4v) is 3.79. The second-order valence-corrected chi connectivity index (χ2v) is 6.36. The van der Waals surface area contributed by atoms with Gasteiger partial charge in [0.25, 0.3) is 0 Å². The van der Waals surface area contributed by atoms with Crippen molar-refractivity contribution in [3.63, 3.8) is 0 Å². The predicted molar refractivity (Wildman–Crippen MR) is 69.4 cm³/mol. The van der Waals surface area contributed by atoms with Crippen molar-refractivity contribution in [3.05, 3.63) is 0 Å². The van der Waals surface area contributed by atoms with Crippen LogP contribution in [0.2, 0.25) is 0 Å². The largest absolute Gasteiger partial charge is 0.481 e. The molecule has 0 spiro atoms. The summed E-state index contributed by atoms with van der Waals surface area (Å²) in [5.74, 6) is -0.233. The van der Waals surface area contributed by atoms with Crippen LogP contribution in [-0.4, -0.2) is 49.3 Å². The number of piperidine rings is 1. The van der Waals surface area contributed by atoms with Gasteiger partial charge in [-0.25, -0.2) is 0 Å². The number of hydrogen-bond donors (Lipinski definition) is 1. The number of carboxylic acids is 1. The van der Waals surface area contributed by atoms with Crippen molar-refractivity contribution in [2.45, 2.75) is 26.7 Å². The Labute approximate surface area is 109 Å². The second kappa shape index (κ2) is 5.17. The maximum Gasteiger partial charge on any atom is 0.307 e. The molecule has 0 bridgehead atoms. The summed E-state index contributed by atoms with van der Waals surface area (Å²) in [6.45, 7) is 7.47. The van der Waals surface area contributed by atoms with E-state index >= 15 is 0 Å². The Morgan fingerprint density at radius 1 is 1.33 bits per heavy atom. The molecule has 0 amide bonds. The van der Waals surface area contributed by atoms with Gasteiger partial charge in [0.15, 0.2) is 0 Å². The molecule has 4 heteroatoms. The standard InChI is InChI=1S/C14H25NO3/c1-10(2)12(13(16)17)14(8-18-9-14)11-4-6-15(3)7-5-11/h10-12H,4-9H2,1-3H3,(H,16,17). The van der Waals surface area contributed by atoms with Crippen molar-refractivity contribution in [1.29, 1.82) is 0 Å². The number of nitrogens with zero attached hydrogens (tertiary/aromatic N) is 1. The highest BCUT2D eigenvalue weighted by Gasteiger charge is 2.55. The molecule has 1 N–H and O–H groups in total. The first kappa shape index (κ1) is 13.8. The van der Waals surface area contributed by atoms with Crippen LogP contribution in [0.3, 0.4) is 0 Å². The van der Waals surface area contributed by atoms with Gasteiger partial charge in [0.05, 0.1) is 19.1 Å². The van der Waals surface area contributed by atoms with Gasteiger partial charge >= 0.3 is 5.97 Å². The average Bonchev–Trinajstić information content (AvgIpc) is 2.23. The minimum atomic E-state index is -0.646. The fourth-order valence-electron chi connectivity index (χ4n) is 3.79. The molecule has 2 aliphatic rings. The van der Waals surface area contributed by atoms with Crippen LogP contribution in [0.15, 0.2) is 0 Å². The number of ether oxygens (including phenoxy) is 1. The normalized spacial score (nSPS) is 26.9. The Morgan fingerprint density at radius 3 is 2.22 bits per heavy atom. The average molecular weight is 255 g/mol. The molecule has 0 aliphatic carbocycles. The van der Waals surface area contributed by atoms with Crippen LogP contribution in [-0.2, 0) is 9.53 Å². The Bertz CT molecular complexity index is 304. The molecular formula is C14H25NO3. The summed E-state index contributed by atoms with van der Waals surface area (Å²) in [4.78, 5) is 13.9. The highest BCUT2D eigenvalue weighted by atomic mass is 16.5. The number of hydrogen-bond acceptors (Lipinski definition) is 3. The Kier molecular flexibility index (Phi) is 3.97. The molecule has 0 aromatic carbocycles. The first-order valence-corrected chi connectivity index (χ1v) is 6.96.